The highest BCUT2D eigenvalue weighted by Crippen LogP contribution is 2.12. The van der Waals surface area contributed by atoms with Crippen molar-refractivity contribution in [3.8, 4) is 0 Å². The van der Waals surface area contributed by atoms with Crippen LogP contribution in [0.5, 0.6) is 0 Å². The van der Waals surface area contributed by atoms with E-state index in [9.17, 15) is 4.79 Å². The largest absolute Gasteiger partial charge is 0.300 e. The van der Waals surface area contributed by atoms with Gasteiger partial charge in [0.1, 0.15) is 5.78 Å². The Hall–Kier alpha value is -0.630. The number of hydrogen-bond donors (Lipinski definition) is 0. The minimum atomic E-state index is 0.211. The SMILES string of the molecule is CC(=O)Cc1ccccc1CBr. The Morgan fingerprint density at radius 1 is 1.33 bits per heavy atom. The van der Waals surface area contributed by atoms with Crippen molar-refractivity contribution in [1.82, 2.24) is 0 Å². The van der Waals surface area contributed by atoms with Gasteiger partial charge in [0.15, 0.2) is 0 Å². The molecule has 0 aliphatic rings. The second-order valence-electron chi connectivity index (χ2n) is 2.78. The van der Waals surface area contributed by atoms with Crippen LogP contribution in [0.15, 0.2) is 24.3 Å². The Morgan fingerprint density at radius 2 is 1.92 bits per heavy atom. The van der Waals surface area contributed by atoms with Gasteiger partial charge in [-0.3, -0.25) is 4.79 Å². The molecule has 0 saturated heterocycles. The van der Waals surface area contributed by atoms with Crippen LogP contribution < -0.4 is 0 Å². The van der Waals surface area contributed by atoms with Gasteiger partial charge in [0.25, 0.3) is 0 Å². The fourth-order valence-electron chi connectivity index (χ4n) is 1.13. The second kappa shape index (κ2) is 4.41. The topological polar surface area (TPSA) is 17.1 Å². The lowest BCUT2D eigenvalue weighted by molar-refractivity contribution is -0.116. The molecule has 1 rings (SSSR count). The van der Waals surface area contributed by atoms with Crippen molar-refractivity contribution >= 4 is 21.7 Å². The molecule has 0 radical (unpaired) electrons. The molecule has 1 aromatic rings. The molecular formula is C10H11BrO. The summed E-state index contributed by atoms with van der Waals surface area (Å²) < 4.78 is 0. The third-order valence-corrected chi connectivity index (χ3v) is 2.31. The van der Waals surface area contributed by atoms with Crippen LogP contribution in [0.4, 0.5) is 0 Å². The first-order chi connectivity index (χ1) is 5.74. The standard InChI is InChI=1S/C10H11BrO/c1-8(12)6-9-4-2-3-5-10(9)7-11/h2-5H,6-7H2,1H3. The molecule has 0 saturated carbocycles. The predicted molar refractivity (Wildman–Crippen MR) is 53.5 cm³/mol. The van der Waals surface area contributed by atoms with Crippen molar-refractivity contribution < 1.29 is 4.79 Å². The lowest BCUT2D eigenvalue weighted by Gasteiger charge is -2.03. The maximum Gasteiger partial charge on any atom is 0.134 e. The maximum absolute atomic E-state index is 10.9. The predicted octanol–water partition coefficient (Wildman–Crippen LogP) is 2.71. The summed E-state index contributed by atoms with van der Waals surface area (Å²) in [6.07, 6.45) is 0.543. The molecule has 0 fully saturated rings. The molecule has 12 heavy (non-hydrogen) atoms. The van der Waals surface area contributed by atoms with Gasteiger partial charge in [-0.15, -0.1) is 0 Å². The van der Waals surface area contributed by atoms with Crippen molar-refractivity contribution in [3.63, 3.8) is 0 Å². The van der Waals surface area contributed by atoms with Gasteiger partial charge >= 0.3 is 0 Å². The van der Waals surface area contributed by atoms with E-state index < -0.39 is 0 Å². The summed E-state index contributed by atoms with van der Waals surface area (Å²) in [6.45, 7) is 1.62. The zero-order chi connectivity index (χ0) is 8.97. The van der Waals surface area contributed by atoms with Gasteiger partial charge < -0.3 is 0 Å². The molecule has 0 unspecified atom stereocenters. The summed E-state index contributed by atoms with van der Waals surface area (Å²) in [4.78, 5) is 10.9. The van der Waals surface area contributed by atoms with Crippen LogP contribution in [-0.2, 0) is 16.5 Å². The summed E-state index contributed by atoms with van der Waals surface area (Å²) in [7, 11) is 0. The van der Waals surface area contributed by atoms with Gasteiger partial charge in [-0.25, -0.2) is 0 Å². The molecule has 0 amide bonds. The normalized spacial score (nSPS) is 9.83. The van der Waals surface area contributed by atoms with Crippen molar-refractivity contribution in [2.75, 3.05) is 0 Å². The molecule has 0 heterocycles. The average Bonchev–Trinajstić information content (AvgIpc) is 2.04. The first kappa shape index (κ1) is 9.46. The lowest BCUT2D eigenvalue weighted by atomic mass is 10.0. The van der Waals surface area contributed by atoms with Gasteiger partial charge in [-0.2, -0.15) is 0 Å². The van der Waals surface area contributed by atoms with E-state index in [1.54, 1.807) is 6.92 Å². The van der Waals surface area contributed by atoms with Crippen LogP contribution in [0.25, 0.3) is 0 Å². The van der Waals surface area contributed by atoms with Crippen molar-refractivity contribution in [3.05, 3.63) is 35.4 Å². The van der Waals surface area contributed by atoms with E-state index in [4.69, 9.17) is 0 Å². The number of benzene rings is 1. The molecule has 0 atom stereocenters. The summed E-state index contributed by atoms with van der Waals surface area (Å²) in [5.74, 6) is 0.211. The highest BCUT2D eigenvalue weighted by atomic mass is 79.9. The zero-order valence-corrected chi connectivity index (χ0v) is 8.60. The van der Waals surface area contributed by atoms with Crippen LogP contribution in [0, 0.1) is 0 Å². The van der Waals surface area contributed by atoms with Crippen molar-refractivity contribution in [2.45, 2.75) is 18.7 Å². The number of Topliss-reactive ketones (excluding diaryl/α,β-unsaturated/α-hetero) is 1. The molecule has 64 valence electrons. The van der Waals surface area contributed by atoms with Crippen LogP contribution in [0.2, 0.25) is 0 Å². The Bertz CT molecular complexity index is 281. The smallest absolute Gasteiger partial charge is 0.134 e. The highest BCUT2D eigenvalue weighted by Gasteiger charge is 2.01. The monoisotopic (exact) mass is 226 g/mol. The van der Waals surface area contributed by atoms with E-state index >= 15 is 0 Å². The van der Waals surface area contributed by atoms with Gasteiger partial charge in [0, 0.05) is 11.8 Å². The van der Waals surface area contributed by atoms with E-state index in [0.717, 1.165) is 10.9 Å². The van der Waals surface area contributed by atoms with Crippen LogP contribution in [0.1, 0.15) is 18.1 Å². The average molecular weight is 227 g/mol. The van der Waals surface area contributed by atoms with E-state index in [0.29, 0.717) is 6.42 Å². The van der Waals surface area contributed by atoms with Crippen molar-refractivity contribution in [2.24, 2.45) is 0 Å². The second-order valence-corrected chi connectivity index (χ2v) is 3.34. The lowest BCUT2D eigenvalue weighted by Crippen LogP contribution is -1.99. The van der Waals surface area contributed by atoms with Crippen LogP contribution in [-0.4, -0.2) is 5.78 Å². The Morgan fingerprint density at radius 3 is 2.42 bits per heavy atom. The quantitative estimate of drug-likeness (QED) is 0.725. The minimum absolute atomic E-state index is 0.211. The molecule has 0 bridgehead atoms. The molecule has 2 heteroatoms. The number of hydrogen-bond acceptors (Lipinski definition) is 1. The molecule has 0 N–H and O–H groups in total. The summed E-state index contributed by atoms with van der Waals surface area (Å²) in [5.41, 5.74) is 2.33. The zero-order valence-electron chi connectivity index (χ0n) is 7.01. The van der Waals surface area contributed by atoms with E-state index in [1.807, 2.05) is 24.3 Å². The number of halogens is 1. The fraction of sp³-hybridized carbons (Fsp3) is 0.300. The van der Waals surface area contributed by atoms with Gasteiger partial charge in [-0.1, -0.05) is 40.2 Å². The van der Waals surface area contributed by atoms with Gasteiger partial charge in [-0.05, 0) is 18.1 Å². The third kappa shape index (κ3) is 2.45. The summed E-state index contributed by atoms with van der Waals surface area (Å²) >= 11 is 3.39. The minimum Gasteiger partial charge on any atom is -0.300 e. The Labute approximate surface area is 80.9 Å². The highest BCUT2D eigenvalue weighted by molar-refractivity contribution is 9.08. The molecule has 0 aliphatic heterocycles. The Kier molecular flexibility index (Phi) is 3.48. The summed E-state index contributed by atoms with van der Waals surface area (Å²) in [6, 6.07) is 7.98. The number of carbonyl (C=O) groups excluding carboxylic acids is 1. The molecule has 0 aromatic heterocycles. The number of rotatable bonds is 3. The first-order valence-electron chi connectivity index (χ1n) is 3.86. The molecule has 1 aromatic carbocycles. The maximum atomic E-state index is 10.9. The van der Waals surface area contributed by atoms with Crippen molar-refractivity contribution in [1.29, 1.82) is 0 Å². The molecular weight excluding hydrogens is 216 g/mol. The molecule has 0 spiro atoms. The number of alkyl halides is 1. The molecule has 0 aliphatic carbocycles. The Balaban J connectivity index is 2.89. The first-order valence-corrected chi connectivity index (χ1v) is 4.98. The fourth-order valence-corrected chi connectivity index (χ4v) is 1.68. The number of ketones is 1. The van der Waals surface area contributed by atoms with E-state index in [2.05, 4.69) is 15.9 Å². The summed E-state index contributed by atoms with van der Waals surface area (Å²) in [5, 5.41) is 0.816. The van der Waals surface area contributed by atoms with E-state index in [1.165, 1.54) is 5.56 Å². The molecule has 1 nitrogen and oxygen atoms in total. The number of carbonyl (C=O) groups is 1. The van der Waals surface area contributed by atoms with Crippen LogP contribution >= 0.6 is 15.9 Å². The third-order valence-electron chi connectivity index (χ3n) is 1.70. The van der Waals surface area contributed by atoms with Crippen LogP contribution in [0.3, 0.4) is 0 Å². The van der Waals surface area contributed by atoms with Gasteiger partial charge in [0.05, 0.1) is 0 Å². The van der Waals surface area contributed by atoms with Gasteiger partial charge in [0.2, 0.25) is 0 Å². The van der Waals surface area contributed by atoms with E-state index in [-0.39, 0.29) is 5.78 Å².